The third-order valence-electron chi connectivity index (χ3n) is 2.84. The molecule has 4 nitrogen and oxygen atoms in total. The SMILES string of the molecule is CCOc1ccc(C(=O)NCC2CNC2)cc1. The van der Waals surface area contributed by atoms with Crippen LogP contribution < -0.4 is 15.4 Å². The fourth-order valence-electron chi connectivity index (χ4n) is 1.70. The lowest BCUT2D eigenvalue weighted by Gasteiger charge is -2.27. The lowest BCUT2D eigenvalue weighted by atomic mass is 10.0. The van der Waals surface area contributed by atoms with Gasteiger partial charge in [-0.1, -0.05) is 0 Å². The van der Waals surface area contributed by atoms with Gasteiger partial charge in [-0.25, -0.2) is 0 Å². The average molecular weight is 234 g/mol. The summed E-state index contributed by atoms with van der Waals surface area (Å²) in [5, 5.41) is 6.11. The van der Waals surface area contributed by atoms with E-state index in [1.165, 1.54) is 0 Å². The largest absolute Gasteiger partial charge is 0.494 e. The molecule has 0 saturated carbocycles. The highest BCUT2D eigenvalue weighted by Gasteiger charge is 2.17. The summed E-state index contributed by atoms with van der Waals surface area (Å²) in [7, 11) is 0. The third-order valence-corrected chi connectivity index (χ3v) is 2.84. The Hall–Kier alpha value is -1.55. The molecule has 0 atom stereocenters. The van der Waals surface area contributed by atoms with E-state index in [9.17, 15) is 4.79 Å². The molecule has 17 heavy (non-hydrogen) atoms. The first-order valence-corrected chi connectivity index (χ1v) is 6.01. The number of carbonyl (C=O) groups is 1. The smallest absolute Gasteiger partial charge is 0.251 e. The van der Waals surface area contributed by atoms with Gasteiger partial charge in [0.2, 0.25) is 0 Å². The number of rotatable bonds is 5. The standard InChI is InChI=1S/C13H18N2O2/c1-2-17-12-5-3-11(4-6-12)13(16)15-9-10-7-14-8-10/h3-6,10,14H,2,7-9H2,1H3,(H,15,16). The Morgan fingerprint density at radius 1 is 1.41 bits per heavy atom. The fraction of sp³-hybridized carbons (Fsp3) is 0.462. The third kappa shape index (κ3) is 3.20. The summed E-state index contributed by atoms with van der Waals surface area (Å²) in [5.41, 5.74) is 0.681. The van der Waals surface area contributed by atoms with E-state index in [4.69, 9.17) is 4.74 Å². The van der Waals surface area contributed by atoms with Crippen molar-refractivity contribution in [2.24, 2.45) is 5.92 Å². The van der Waals surface area contributed by atoms with Crippen LogP contribution in [0.25, 0.3) is 0 Å². The number of nitrogens with one attached hydrogen (secondary N) is 2. The van der Waals surface area contributed by atoms with Crippen LogP contribution in [0.5, 0.6) is 5.75 Å². The number of amides is 1. The summed E-state index contributed by atoms with van der Waals surface area (Å²) in [6.45, 7) is 5.33. The van der Waals surface area contributed by atoms with Crippen molar-refractivity contribution in [1.82, 2.24) is 10.6 Å². The van der Waals surface area contributed by atoms with E-state index in [-0.39, 0.29) is 5.91 Å². The van der Waals surface area contributed by atoms with Crippen LogP contribution in [0.15, 0.2) is 24.3 Å². The highest BCUT2D eigenvalue weighted by molar-refractivity contribution is 5.94. The first-order valence-electron chi connectivity index (χ1n) is 6.01. The summed E-state index contributed by atoms with van der Waals surface area (Å²) in [5.74, 6) is 1.37. The second-order valence-corrected chi connectivity index (χ2v) is 4.19. The molecule has 2 rings (SSSR count). The van der Waals surface area contributed by atoms with Crippen LogP contribution in [-0.2, 0) is 0 Å². The van der Waals surface area contributed by atoms with Gasteiger partial charge in [-0.15, -0.1) is 0 Å². The Morgan fingerprint density at radius 3 is 2.65 bits per heavy atom. The molecule has 1 aromatic carbocycles. The van der Waals surface area contributed by atoms with Crippen LogP contribution in [0.1, 0.15) is 17.3 Å². The van der Waals surface area contributed by atoms with Gasteiger partial charge in [0.25, 0.3) is 5.91 Å². The molecular weight excluding hydrogens is 216 g/mol. The van der Waals surface area contributed by atoms with Crippen LogP contribution >= 0.6 is 0 Å². The van der Waals surface area contributed by atoms with E-state index in [0.717, 1.165) is 25.4 Å². The van der Waals surface area contributed by atoms with Crippen LogP contribution in [-0.4, -0.2) is 32.1 Å². The molecule has 4 heteroatoms. The van der Waals surface area contributed by atoms with E-state index < -0.39 is 0 Å². The second kappa shape index (κ2) is 5.68. The van der Waals surface area contributed by atoms with Crippen molar-refractivity contribution < 1.29 is 9.53 Å². The Labute approximate surface area is 101 Å². The second-order valence-electron chi connectivity index (χ2n) is 4.19. The van der Waals surface area contributed by atoms with Crippen molar-refractivity contribution in [2.45, 2.75) is 6.92 Å². The van der Waals surface area contributed by atoms with Gasteiger partial charge >= 0.3 is 0 Å². The average Bonchev–Trinajstić information content (AvgIpc) is 2.28. The van der Waals surface area contributed by atoms with E-state index in [1.807, 2.05) is 19.1 Å². The van der Waals surface area contributed by atoms with Gasteiger partial charge in [-0.05, 0) is 31.2 Å². The maximum absolute atomic E-state index is 11.8. The highest BCUT2D eigenvalue weighted by atomic mass is 16.5. The minimum atomic E-state index is -0.0139. The molecule has 0 bridgehead atoms. The Morgan fingerprint density at radius 2 is 2.12 bits per heavy atom. The van der Waals surface area contributed by atoms with Gasteiger partial charge in [-0.2, -0.15) is 0 Å². The van der Waals surface area contributed by atoms with Gasteiger partial charge in [0.1, 0.15) is 5.75 Å². The van der Waals surface area contributed by atoms with Crippen LogP contribution in [0, 0.1) is 5.92 Å². The van der Waals surface area contributed by atoms with Gasteiger partial charge in [0.05, 0.1) is 6.61 Å². The molecule has 1 saturated heterocycles. The first kappa shape index (κ1) is 11.9. The van der Waals surface area contributed by atoms with E-state index in [0.29, 0.717) is 18.1 Å². The molecule has 1 fully saturated rings. The zero-order valence-electron chi connectivity index (χ0n) is 10.0. The van der Waals surface area contributed by atoms with E-state index in [2.05, 4.69) is 10.6 Å². The van der Waals surface area contributed by atoms with Gasteiger partial charge < -0.3 is 15.4 Å². The molecule has 1 aromatic rings. The number of ether oxygens (including phenoxy) is 1. The Kier molecular flexibility index (Phi) is 3.98. The summed E-state index contributed by atoms with van der Waals surface area (Å²) in [4.78, 5) is 11.8. The van der Waals surface area contributed by atoms with Crippen molar-refractivity contribution in [2.75, 3.05) is 26.2 Å². The number of hydrogen-bond acceptors (Lipinski definition) is 3. The predicted octanol–water partition coefficient (Wildman–Crippen LogP) is 1.03. The van der Waals surface area contributed by atoms with Crippen molar-refractivity contribution in [3.63, 3.8) is 0 Å². The lowest BCUT2D eigenvalue weighted by molar-refractivity contribution is 0.0942. The molecule has 1 aliphatic heterocycles. The molecule has 0 unspecified atom stereocenters. The highest BCUT2D eigenvalue weighted by Crippen LogP contribution is 2.12. The molecule has 1 aliphatic rings. The van der Waals surface area contributed by atoms with Gasteiger partial charge in [0, 0.05) is 31.1 Å². The number of benzene rings is 1. The first-order chi connectivity index (χ1) is 8.29. The minimum absolute atomic E-state index is 0.0139. The molecule has 2 N–H and O–H groups in total. The Bertz CT molecular complexity index is 372. The number of carbonyl (C=O) groups excluding carboxylic acids is 1. The van der Waals surface area contributed by atoms with Crippen LogP contribution in [0.4, 0.5) is 0 Å². The van der Waals surface area contributed by atoms with Crippen LogP contribution in [0.3, 0.4) is 0 Å². The van der Waals surface area contributed by atoms with E-state index >= 15 is 0 Å². The minimum Gasteiger partial charge on any atom is -0.494 e. The summed E-state index contributed by atoms with van der Waals surface area (Å²) in [6.07, 6.45) is 0. The van der Waals surface area contributed by atoms with Crippen molar-refractivity contribution in [3.05, 3.63) is 29.8 Å². The predicted molar refractivity (Wildman–Crippen MR) is 66.3 cm³/mol. The molecule has 0 spiro atoms. The van der Waals surface area contributed by atoms with Crippen LogP contribution in [0.2, 0.25) is 0 Å². The zero-order chi connectivity index (χ0) is 12.1. The van der Waals surface area contributed by atoms with E-state index in [1.54, 1.807) is 12.1 Å². The normalized spacial score (nSPS) is 15.1. The lowest BCUT2D eigenvalue weighted by Crippen LogP contribution is -2.48. The quantitative estimate of drug-likeness (QED) is 0.800. The molecule has 92 valence electrons. The molecule has 0 radical (unpaired) electrons. The summed E-state index contributed by atoms with van der Waals surface area (Å²) in [6, 6.07) is 7.23. The van der Waals surface area contributed by atoms with Crippen molar-refractivity contribution in [1.29, 1.82) is 0 Å². The maximum atomic E-state index is 11.8. The molecule has 0 aromatic heterocycles. The number of hydrogen-bond donors (Lipinski definition) is 2. The molecular formula is C13H18N2O2. The monoisotopic (exact) mass is 234 g/mol. The van der Waals surface area contributed by atoms with Crippen molar-refractivity contribution >= 4 is 5.91 Å². The summed E-state index contributed by atoms with van der Waals surface area (Å²) < 4.78 is 5.33. The van der Waals surface area contributed by atoms with Gasteiger partial charge in [0.15, 0.2) is 0 Å². The maximum Gasteiger partial charge on any atom is 0.251 e. The molecule has 0 aliphatic carbocycles. The Balaban J connectivity index is 1.84. The van der Waals surface area contributed by atoms with Gasteiger partial charge in [-0.3, -0.25) is 4.79 Å². The molecule has 1 amide bonds. The zero-order valence-corrected chi connectivity index (χ0v) is 10.0. The molecule has 1 heterocycles. The topological polar surface area (TPSA) is 50.4 Å². The fourth-order valence-corrected chi connectivity index (χ4v) is 1.70. The summed E-state index contributed by atoms with van der Waals surface area (Å²) >= 11 is 0. The van der Waals surface area contributed by atoms with Crippen molar-refractivity contribution in [3.8, 4) is 5.75 Å².